The summed E-state index contributed by atoms with van der Waals surface area (Å²) in [7, 11) is 1.73. The van der Waals surface area contributed by atoms with Crippen LogP contribution in [0.1, 0.15) is 85.0 Å². The van der Waals surface area contributed by atoms with E-state index in [-0.39, 0.29) is 18.2 Å². The number of rotatable bonds is 7. The molecule has 6 rings (SSSR count). The molecular weight excluding hydrogens is 541 g/mol. The number of aryl methyl sites for hydroxylation is 2. The van der Waals surface area contributed by atoms with Crippen molar-refractivity contribution in [3.63, 3.8) is 0 Å². The van der Waals surface area contributed by atoms with Crippen LogP contribution >= 0.6 is 11.3 Å². The second-order valence-electron chi connectivity index (χ2n) is 10.6. The lowest BCUT2D eigenvalue weighted by Crippen LogP contribution is -2.20. The lowest BCUT2D eigenvalue weighted by molar-refractivity contribution is 0.0998. The summed E-state index contributed by atoms with van der Waals surface area (Å²) in [5, 5.41) is 17.6. The van der Waals surface area contributed by atoms with Gasteiger partial charge in [0.05, 0.1) is 11.3 Å². The van der Waals surface area contributed by atoms with Gasteiger partial charge in [0.25, 0.3) is 11.8 Å². The van der Waals surface area contributed by atoms with Gasteiger partial charge in [0.15, 0.2) is 0 Å². The zero-order valence-electron chi connectivity index (χ0n) is 23.1. The van der Waals surface area contributed by atoms with E-state index in [4.69, 9.17) is 5.73 Å². The minimum Gasteiger partial charge on any atom is -0.365 e. The largest absolute Gasteiger partial charge is 0.365 e. The van der Waals surface area contributed by atoms with Gasteiger partial charge in [-0.1, -0.05) is 19.9 Å². The number of nitrogens with zero attached hydrogens (tertiary/aromatic N) is 4. The fraction of sp³-hybridized carbons (Fsp3) is 0.556. The van der Waals surface area contributed by atoms with Crippen molar-refractivity contribution >= 4 is 34.0 Å². The van der Waals surface area contributed by atoms with Gasteiger partial charge in [-0.2, -0.15) is 15.2 Å². The van der Waals surface area contributed by atoms with Gasteiger partial charge in [-0.05, 0) is 56.9 Å². The van der Waals surface area contributed by atoms with Crippen LogP contribution in [0.2, 0.25) is 0 Å². The topological polar surface area (TPSA) is 127 Å². The molecule has 3 aromatic heterocycles. The van der Waals surface area contributed by atoms with Crippen molar-refractivity contribution in [3.8, 4) is 0 Å². The highest BCUT2D eigenvalue weighted by Gasteiger charge is 2.53. The van der Waals surface area contributed by atoms with E-state index in [0.29, 0.717) is 23.4 Å². The van der Waals surface area contributed by atoms with Gasteiger partial charge in [-0.25, -0.2) is 18.3 Å². The number of hydrogen-bond donors (Lipinski definition) is 4. The van der Waals surface area contributed by atoms with Crippen molar-refractivity contribution in [3.05, 3.63) is 46.4 Å². The number of amides is 1. The normalized spacial score (nSPS) is 19.5. The van der Waals surface area contributed by atoms with E-state index in [1.54, 1.807) is 36.1 Å². The van der Waals surface area contributed by atoms with Gasteiger partial charge in [-0.15, -0.1) is 11.3 Å². The van der Waals surface area contributed by atoms with E-state index < -0.39 is 12.1 Å². The van der Waals surface area contributed by atoms with Crippen LogP contribution in [0, 0.1) is 11.8 Å². The van der Waals surface area contributed by atoms with Crippen LogP contribution in [-0.4, -0.2) is 36.8 Å². The number of primary amides is 1. The molecular formula is C27H37F3N8OS. The predicted octanol–water partition coefficient (Wildman–Crippen LogP) is 6.43. The van der Waals surface area contributed by atoms with Gasteiger partial charge < -0.3 is 16.4 Å². The highest BCUT2D eigenvalue weighted by Crippen LogP contribution is 2.47. The van der Waals surface area contributed by atoms with Crippen LogP contribution in [0.15, 0.2) is 24.7 Å². The lowest BCUT2D eigenvalue weighted by atomic mass is 9.83. The highest BCUT2D eigenvalue weighted by atomic mass is 32.1. The number of halogens is 3. The summed E-state index contributed by atoms with van der Waals surface area (Å²) in [6.07, 6.45) is 8.56. The maximum absolute atomic E-state index is 13.0. The number of aromatic amines is 1. The van der Waals surface area contributed by atoms with Gasteiger partial charge in [0.1, 0.15) is 23.3 Å². The van der Waals surface area contributed by atoms with Crippen molar-refractivity contribution in [2.75, 3.05) is 10.6 Å². The summed E-state index contributed by atoms with van der Waals surface area (Å²) in [6, 6.07) is 1.63. The Hall–Kier alpha value is -3.35. The molecule has 0 spiro atoms. The van der Waals surface area contributed by atoms with E-state index in [0.717, 1.165) is 35.5 Å². The highest BCUT2D eigenvalue weighted by molar-refractivity contribution is 7.16. The van der Waals surface area contributed by atoms with Crippen molar-refractivity contribution < 1.29 is 18.0 Å². The summed E-state index contributed by atoms with van der Waals surface area (Å²) in [5.41, 5.74) is 8.93. The second-order valence-corrected chi connectivity index (χ2v) is 11.7. The second kappa shape index (κ2) is 12.4. The predicted molar refractivity (Wildman–Crippen MR) is 151 cm³/mol. The average molecular weight is 579 g/mol. The van der Waals surface area contributed by atoms with E-state index in [9.17, 15) is 18.0 Å². The molecule has 0 aliphatic heterocycles. The first-order valence-corrected chi connectivity index (χ1v) is 14.4. The maximum atomic E-state index is 13.0. The molecule has 0 aromatic carbocycles. The van der Waals surface area contributed by atoms with Crippen LogP contribution in [-0.2, 0) is 19.9 Å². The standard InChI is InChI=1S/C15H20N2OS.C8H11FN6.C4H6F2/c1-9(10-5-4-6-10)17-15-13(14(16)18)11-7-2-3-8-12(11)19-15;1-5(9)6-3-7(15(2)14-6)12-8-10-4-11-13-8;1-3-2-4(3,5)6/h10,17H,1-8H2,(H2,16,18);3-5H,1-2H3,(H2,10,11,12,13);3H,2H2,1H3/t;;3-/m..0/s1. The van der Waals surface area contributed by atoms with Crippen LogP contribution in [0.25, 0.3) is 0 Å². The number of aromatic nitrogens is 5. The third-order valence-electron chi connectivity index (χ3n) is 7.40. The molecule has 0 saturated heterocycles. The number of nitrogens with one attached hydrogen (secondary N) is 3. The SMILES string of the molecule is C=C(Nc1sc2c(c1C(N)=O)CCCC2)C1CCC1.CC(F)c1cc(Nc2ncn[nH]2)n(C)n1.C[C@H]1CC1(F)F. The lowest BCUT2D eigenvalue weighted by Gasteiger charge is -2.28. The first-order valence-electron chi connectivity index (χ1n) is 13.5. The third-order valence-corrected chi connectivity index (χ3v) is 8.60. The molecule has 218 valence electrons. The Morgan fingerprint density at radius 2 is 1.98 bits per heavy atom. The smallest absolute Gasteiger partial charge is 0.251 e. The van der Waals surface area contributed by atoms with Gasteiger partial charge >= 0.3 is 0 Å². The number of carbonyl (C=O) groups excluding carboxylic acids is 1. The molecule has 40 heavy (non-hydrogen) atoms. The van der Waals surface area contributed by atoms with Crippen LogP contribution in [0.5, 0.6) is 0 Å². The van der Waals surface area contributed by atoms with Gasteiger partial charge in [-0.3, -0.25) is 9.48 Å². The summed E-state index contributed by atoms with van der Waals surface area (Å²) >= 11 is 1.70. The number of anilines is 3. The molecule has 5 N–H and O–H groups in total. The molecule has 1 unspecified atom stereocenters. The van der Waals surface area contributed by atoms with Crippen molar-refractivity contribution in [1.29, 1.82) is 0 Å². The zero-order chi connectivity index (χ0) is 29.0. The molecule has 3 heterocycles. The quantitative estimate of drug-likeness (QED) is 0.256. The summed E-state index contributed by atoms with van der Waals surface area (Å²) in [4.78, 5) is 17.0. The number of fused-ring (bicyclic) bond motifs is 1. The average Bonchev–Trinajstić information content (AvgIpc) is 3.33. The van der Waals surface area contributed by atoms with Gasteiger partial charge in [0.2, 0.25) is 5.95 Å². The molecule has 3 aliphatic carbocycles. The molecule has 0 radical (unpaired) electrons. The fourth-order valence-corrected chi connectivity index (χ4v) is 5.78. The minimum atomic E-state index is -2.29. The summed E-state index contributed by atoms with van der Waals surface area (Å²) < 4.78 is 37.6. The third kappa shape index (κ3) is 7.23. The monoisotopic (exact) mass is 578 g/mol. The van der Waals surface area contributed by atoms with E-state index in [1.807, 2.05) is 0 Å². The molecule has 2 fully saturated rings. The number of hydrogen-bond acceptors (Lipinski definition) is 7. The Balaban J connectivity index is 0.000000156. The van der Waals surface area contributed by atoms with Crippen LogP contribution < -0.4 is 16.4 Å². The van der Waals surface area contributed by atoms with E-state index >= 15 is 0 Å². The fourth-order valence-electron chi connectivity index (χ4n) is 4.46. The molecule has 1 amide bonds. The van der Waals surface area contributed by atoms with Gasteiger partial charge in [0, 0.05) is 36.0 Å². The molecule has 3 aliphatic rings. The number of H-pyrrole nitrogens is 1. The number of carbonyl (C=O) groups is 1. The number of allylic oxidation sites excluding steroid dienone is 1. The molecule has 9 nitrogen and oxygen atoms in total. The molecule has 13 heteroatoms. The Bertz CT molecular complexity index is 1310. The number of nitrogens with two attached hydrogens (primary N) is 1. The van der Waals surface area contributed by atoms with Crippen LogP contribution in [0.3, 0.4) is 0 Å². The van der Waals surface area contributed by atoms with Crippen LogP contribution in [0.4, 0.5) is 29.9 Å². The maximum Gasteiger partial charge on any atom is 0.251 e. The zero-order valence-corrected chi connectivity index (χ0v) is 23.9. The summed E-state index contributed by atoms with van der Waals surface area (Å²) in [6.45, 7) is 7.12. The number of thiophene rings is 1. The minimum absolute atomic E-state index is 0.104. The van der Waals surface area contributed by atoms with E-state index in [2.05, 4.69) is 37.5 Å². The Morgan fingerprint density at radius 3 is 2.48 bits per heavy atom. The first-order chi connectivity index (χ1) is 19.0. The Kier molecular flexibility index (Phi) is 9.22. The molecule has 2 saturated carbocycles. The van der Waals surface area contributed by atoms with Crippen molar-refractivity contribution in [2.45, 2.75) is 77.3 Å². The Morgan fingerprint density at radius 1 is 1.30 bits per heavy atom. The van der Waals surface area contributed by atoms with E-state index in [1.165, 1.54) is 49.4 Å². The van der Waals surface area contributed by atoms with Crippen molar-refractivity contribution in [1.82, 2.24) is 25.0 Å². The summed E-state index contributed by atoms with van der Waals surface area (Å²) in [5.74, 6) is -1.21. The molecule has 0 bridgehead atoms. The first kappa shape index (κ1) is 29.6. The molecule has 3 aromatic rings. The molecule has 2 atom stereocenters. The van der Waals surface area contributed by atoms with Crippen molar-refractivity contribution in [2.24, 2.45) is 24.6 Å². The number of alkyl halides is 3. The Labute approximate surface area is 235 Å².